The molecule has 34 heavy (non-hydrogen) atoms. The number of thiocarbonyl (C=S) groups is 1. The highest BCUT2D eigenvalue weighted by Crippen LogP contribution is 2.21. The van der Waals surface area contributed by atoms with Gasteiger partial charge in [-0.3, -0.25) is 9.88 Å². The zero-order valence-electron chi connectivity index (χ0n) is 18.5. The SMILES string of the molecule is O=S(=O)(c1ccc(NC(=S)NCc2cccnc2)cc1)N1CCN(Cc2ccccc2F)CC1. The smallest absolute Gasteiger partial charge is 0.243 e. The third kappa shape index (κ3) is 6.15. The van der Waals surface area contributed by atoms with Crippen LogP contribution in [0.1, 0.15) is 11.1 Å². The van der Waals surface area contributed by atoms with Gasteiger partial charge in [-0.2, -0.15) is 4.31 Å². The lowest BCUT2D eigenvalue weighted by Crippen LogP contribution is -2.48. The lowest BCUT2D eigenvalue weighted by molar-refractivity contribution is 0.180. The number of hydrogen-bond donors (Lipinski definition) is 2. The number of rotatable bonds is 7. The molecule has 7 nitrogen and oxygen atoms in total. The van der Waals surface area contributed by atoms with Crippen molar-refractivity contribution in [2.24, 2.45) is 0 Å². The van der Waals surface area contributed by atoms with Crippen LogP contribution < -0.4 is 10.6 Å². The molecule has 1 saturated heterocycles. The largest absolute Gasteiger partial charge is 0.358 e. The van der Waals surface area contributed by atoms with E-state index in [0.29, 0.717) is 55.6 Å². The highest BCUT2D eigenvalue weighted by Gasteiger charge is 2.28. The number of pyridine rings is 1. The molecule has 1 fully saturated rings. The number of aromatic nitrogens is 1. The van der Waals surface area contributed by atoms with Crippen LogP contribution in [0.5, 0.6) is 0 Å². The summed E-state index contributed by atoms with van der Waals surface area (Å²) < 4.78 is 41.6. The molecule has 1 aromatic heterocycles. The number of halogens is 1. The van der Waals surface area contributed by atoms with Gasteiger partial charge in [0, 0.05) is 62.9 Å². The van der Waals surface area contributed by atoms with E-state index in [0.717, 1.165) is 5.56 Å². The van der Waals surface area contributed by atoms with E-state index in [1.165, 1.54) is 10.4 Å². The summed E-state index contributed by atoms with van der Waals surface area (Å²) in [5.41, 5.74) is 2.31. The van der Waals surface area contributed by atoms with Crippen LogP contribution in [0.3, 0.4) is 0 Å². The van der Waals surface area contributed by atoms with Crippen LogP contribution in [0.4, 0.5) is 10.1 Å². The van der Waals surface area contributed by atoms with Crippen molar-refractivity contribution >= 4 is 33.0 Å². The van der Waals surface area contributed by atoms with Crippen molar-refractivity contribution in [2.75, 3.05) is 31.5 Å². The maximum atomic E-state index is 13.9. The quantitative estimate of drug-likeness (QED) is 0.484. The van der Waals surface area contributed by atoms with E-state index in [4.69, 9.17) is 12.2 Å². The topological polar surface area (TPSA) is 77.6 Å². The summed E-state index contributed by atoms with van der Waals surface area (Å²) in [6.07, 6.45) is 3.47. The van der Waals surface area contributed by atoms with Gasteiger partial charge in [0.15, 0.2) is 5.11 Å². The van der Waals surface area contributed by atoms with Crippen LogP contribution >= 0.6 is 12.2 Å². The van der Waals surface area contributed by atoms with Gasteiger partial charge in [-0.15, -0.1) is 0 Å². The first-order valence-corrected chi connectivity index (χ1v) is 12.8. The summed E-state index contributed by atoms with van der Waals surface area (Å²) in [6, 6.07) is 17.0. The van der Waals surface area contributed by atoms with Gasteiger partial charge in [-0.05, 0) is 54.2 Å². The van der Waals surface area contributed by atoms with E-state index in [-0.39, 0.29) is 10.7 Å². The molecule has 0 unspecified atom stereocenters. The Bertz CT molecular complexity index is 1220. The first-order valence-electron chi connectivity index (χ1n) is 10.9. The predicted octanol–water partition coefficient (Wildman–Crippen LogP) is 3.21. The molecule has 0 bridgehead atoms. The molecule has 0 aliphatic carbocycles. The molecule has 1 aliphatic rings. The monoisotopic (exact) mass is 499 g/mol. The second-order valence-electron chi connectivity index (χ2n) is 7.96. The van der Waals surface area contributed by atoms with Gasteiger partial charge >= 0.3 is 0 Å². The van der Waals surface area contributed by atoms with Crippen LogP contribution in [0.25, 0.3) is 0 Å². The fraction of sp³-hybridized carbons (Fsp3) is 0.250. The van der Waals surface area contributed by atoms with Gasteiger partial charge in [0.05, 0.1) is 4.90 Å². The maximum absolute atomic E-state index is 13.9. The van der Waals surface area contributed by atoms with Crippen molar-refractivity contribution in [3.8, 4) is 0 Å². The molecule has 1 aliphatic heterocycles. The molecule has 0 radical (unpaired) electrons. The first-order chi connectivity index (χ1) is 16.4. The zero-order valence-corrected chi connectivity index (χ0v) is 20.2. The van der Waals surface area contributed by atoms with Gasteiger partial charge in [0.1, 0.15) is 5.82 Å². The van der Waals surface area contributed by atoms with E-state index in [1.54, 1.807) is 54.9 Å². The fourth-order valence-corrected chi connectivity index (χ4v) is 5.33. The van der Waals surface area contributed by atoms with Crippen LogP contribution in [-0.2, 0) is 23.1 Å². The number of nitrogens with one attached hydrogen (secondary N) is 2. The number of piperazine rings is 1. The van der Waals surface area contributed by atoms with E-state index >= 15 is 0 Å². The van der Waals surface area contributed by atoms with Gasteiger partial charge < -0.3 is 10.6 Å². The molecule has 0 atom stereocenters. The summed E-state index contributed by atoms with van der Waals surface area (Å²) in [4.78, 5) is 6.36. The van der Waals surface area contributed by atoms with Crippen LogP contribution in [0.2, 0.25) is 0 Å². The maximum Gasteiger partial charge on any atom is 0.243 e. The molecule has 0 saturated carbocycles. The molecule has 178 valence electrons. The van der Waals surface area contributed by atoms with E-state index in [2.05, 4.69) is 20.5 Å². The van der Waals surface area contributed by atoms with Gasteiger partial charge in [0.25, 0.3) is 0 Å². The number of nitrogens with zero attached hydrogens (tertiary/aromatic N) is 3. The first kappa shape index (κ1) is 24.2. The minimum atomic E-state index is -3.61. The van der Waals surface area contributed by atoms with Crippen molar-refractivity contribution in [2.45, 2.75) is 18.0 Å². The Morgan fingerprint density at radius 2 is 1.74 bits per heavy atom. The summed E-state index contributed by atoms with van der Waals surface area (Å²) in [6.45, 7) is 2.82. The van der Waals surface area contributed by atoms with E-state index < -0.39 is 10.0 Å². The molecule has 4 rings (SSSR count). The Morgan fingerprint density at radius 3 is 2.41 bits per heavy atom. The second-order valence-corrected chi connectivity index (χ2v) is 10.3. The Morgan fingerprint density at radius 1 is 1.00 bits per heavy atom. The van der Waals surface area contributed by atoms with Crippen molar-refractivity contribution in [1.82, 2.24) is 19.5 Å². The average Bonchev–Trinajstić information content (AvgIpc) is 2.85. The third-order valence-electron chi connectivity index (χ3n) is 5.61. The third-order valence-corrected chi connectivity index (χ3v) is 7.77. The Kier molecular flexibility index (Phi) is 7.84. The number of sulfonamides is 1. The molecular weight excluding hydrogens is 473 g/mol. The lowest BCUT2D eigenvalue weighted by Gasteiger charge is -2.34. The van der Waals surface area contributed by atoms with Crippen LogP contribution in [0, 0.1) is 5.82 Å². The molecule has 2 N–H and O–H groups in total. The van der Waals surface area contributed by atoms with Crippen LogP contribution in [-0.4, -0.2) is 53.9 Å². The van der Waals surface area contributed by atoms with Crippen molar-refractivity contribution in [3.63, 3.8) is 0 Å². The molecule has 2 heterocycles. The standard InChI is InChI=1S/C24H26FN5O2S2/c25-23-6-2-1-5-20(23)18-29-12-14-30(15-13-29)34(31,32)22-9-7-21(8-10-22)28-24(33)27-17-19-4-3-11-26-16-19/h1-11,16H,12-15,17-18H2,(H2,27,28,33). The van der Waals surface area contributed by atoms with Gasteiger partial charge in [-0.25, -0.2) is 12.8 Å². The number of anilines is 1. The zero-order chi connectivity index (χ0) is 24.0. The van der Waals surface area contributed by atoms with Gasteiger partial charge in [0.2, 0.25) is 10.0 Å². The summed E-state index contributed by atoms with van der Waals surface area (Å²) in [5.74, 6) is -0.238. The molecule has 2 aromatic carbocycles. The number of hydrogen-bond acceptors (Lipinski definition) is 5. The van der Waals surface area contributed by atoms with Gasteiger partial charge in [-0.1, -0.05) is 24.3 Å². The van der Waals surface area contributed by atoms with Crippen molar-refractivity contribution < 1.29 is 12.8 Å². The van der Waals surface area contributed by atoms with E-state index in [1.807, 2.05) is 12.1 Å². The summed E-state index contributed by atoms with van der Waals surface area (Å²) >= 11 is 5.31. The molecule has 3 aromatic rings. The lowest BCUT2D eigenvalue weighted by atomic mass is 10.2. The van der Waals surface area contributed by atoms with Crippen molar-refractivity contribution in [3.05, 3.63) is 90.0 Å². The molecule has 0 spiro atoms. The predicted molar refractivity (Wildman–Crippen MR) is 134 cm³/mol. The molecule has 0 amide bonds. The van der Waals surface area contributed by atoms with Crippen LogP contribution in [0.15, 0.2) is 78.0 Å². The minimum Gasteiger partial charge on any atom is -0.358 e. The molecule has 10 heteroatoms. The Hall–Kier alpha value is -2.92. The molecular formula is C24H26FN5O2S2. The average molecular weight is 500 g/mol. The number of benzene rings is 2. The summed E-state index contributed by atoms with van der Waals surface area (Å²) in [7, 11) is -3.61. The normalized spacial score (nSPS) is 15.1. The van der Waals surface area contributed by atoms with Crippen molar-refractivity contribution in [1.29, 1.82) is 0 Å². The Labute approximate surface area is 204 Å². The highest BCUT2D eigenvalue weighted by molar-refractivity contribution is 7.89. The Balaban J connectivity index is 1.29. The van der Waals surface area contributed by atoms with E-state index in [9.17, 15) is 12.8 Å². The minimum absolute atomic E-state index is 0.231. The second kappa shape index (κ2) is 11.0. The highest BCUT2D eigenvalue weighted by atomic mass is 32.2. The summed E-state index contributed by atoms with van der Waals surface area (Å²) in [5, 5.41) is 6.59. The fourth-order valence-electron chi connectivity index (χ4n) is 3.72.